The van der Waals surface area contributed by atoms with Crippen molar-refractivity contribution in [1.82, 2.24) is 20.1 Å². The zero-order valence-corrected chi connectivity index (χ0v) is 15.5. The molecule has 3 rings (SSSR count). The predicted octanol–water partition coefficient (Wildman–Crippen LogP) is 3.67. The lowest BCUT2D eigenvalue weighted by molar-refractivity contribution is -0.119. The van der Waals surface area contributed by atoms with Crippen LogP contribution in [0.2, 0.25) is 0 Å². The van der Waals surface area contributed by atoms with Gasteiger partial charge in [0.2, 0.25) is 11.7 Å². The SMILES string of the molecule is CC(C)(C)NC(=O)CSc1nnc(-c2ccco2)n1-c1ccc(F)cc1. The molecule has 8 heteroatoms. The average Bonchev–Trinajstić information content (AvgIpc) is 3.21. The van der Waals surface area contributed by atoms with Gasteiger partial charge in [-0.25, -0.2) is 4.39 Å². The third-order valence-corrected chi connectivity index (χ3v) is 4.24. The number of carbonyl (C=O) groups excluding carboxylic acids is 1. The maximum Gasteiger partial charge on any atom is 0.230 e. The summed E-state index contributed by atoms with van der Waals surface area (Å²) in [4.78, 5) is 12.1. The van der Waals surface area contributed by atoms with Crippen molar-refractivity contribution < 1.29 is 13.6 Å². The molecule has 2 heterocycles. The van der Waals surface area contributed by atoms with Gasteiger partial charge in [-0.3, -0.25) is 9.36 Å². The van der Waals surface area contributed by atoms with E-state index < -0.39 is 0 Å². The first-order valence-corrected chi connectivity index (χ1v) is 9.01. The largest absolute Gasteiger partial charge is 0.461 e. The Kier molecular flexibility index (Phi) is 5.13. The molecule has 6 nitrogen and oxygen atoms in total. The van der Waals surface area contributed by atoms with Crippen molar-refractivity contribution in [3.8, 4) is 17.3 Å². The van der Waals surface area contributed by atoms with Gasteiger partial charge in [-0.1, -0.05) is 11.8 Å². The lowest BCUT2D eigenvalue weighted by Crippen LogP contribution is -2.41. The minimum absolute atomic E-state index is 0.101. The molecule has 1 aromatic carbocycles. The number of nitrogens with zero attached hydrogens (tertiary/aromatic N) is 3. The van der Waals surface area contributed by atoms with Crippen molar-refractivity contribution in [2.75, 3.05) is 5.75 Å². The Morgan fingerprint density at radius 3 is 2.58 bits per heavy atom. The van der Waals surface area contributed by atoms with E-state index in [1.54, 1.807) is 35.1 Å². The molecule has 0 aliphatic carbocycles. The maximum atomic E-state index is 13.3. The van der Waals surface area contributed by atoms with Gasteiger partial charge < -0.3 is 9.73 Å². The highest BCUT2D eigenvalue weighted by Gasteiger charge is 2.20. The highest BCUT2D eigenvalue weighted by Crippen LogP contribution is 2.28. The molecule has 0 atom stereocenters. The van der Waals surface area contributed by atoms with Crippen molar-refractivity contribution in [2.45, 2.75) is 31.5 Å². The van der Waals surface area contributed by atoms with Crippen molar-refractivity contribution in [1.29, 1.82) is 0 Å². The van der Waals surface area contributed by atoms with Crippen molar-refractivity contribution in [3.63, 3.8) is 0 Å². The van der Waals surface area contributed by atoms with E-state index in [0.717, 1.165) is 0 Å². The Balaban J connectivity index is 1.90. The third kappa shape index (κ3) is 4.32. The quantitative estimate of drug-likeness (QED) is 0.690. The number of halogens is 1. The van der Waals surface area contributed by atoms with Crippen LogP contribution in [-0.4, -0.2) is 32.0 Å². The number of carbonyl (C=O) groups is 1. The summed E-state index contributed by atoms with van der Waals surface area (Å²) in [7, 11) is 0. The molecule has 0 spiro atoms. The lowest BCUT2D eigenvalue weighted by Gasteiger charge is -2.20. The molecule has 1 N–H and O–H groups in total. The number of benzene rings is 1. The van der Waals surface area contributed by atoms with Crippen molar-refractivity contribution >= 4 is 17.7 Å². The topological polar surface area (TPSA) is 73.0 Å². The molecule has 2 aromatic heterocycles. The summed E-state index contributed by atoms with van der Waals surface area (Å²) in [6.45, 7) is 5.77. The zero-order valence-electron chi connectivity index (χ0n) is 14.7. The van der Waals surface area contributed by atoms with Crippen molar-refractivity contribution in [3.05, 3.63) is 48.5 Å². The van der Waals surface area contributed by atoms with Crippen LogP contribution >= 0.6 is 11.8 Å². The molecule has 1 amide bonds. The predicted molar refractivity (Wildman–Crippen MR) is 97.6 cm³/mol. The van der Waals surface area contributed by atoms with Crippen LogP contribution in [0.5, 0.6) is 0 Å². The Bertz CT molecular complexity index is 883. The third-order valence-electron chi connectivity index (χ3n) is 3.31. The van der Waals surface area contributed by atoms with Crippen LogP contribution in [0.1, 0.15) is 20.8 Å². The van der Waals surface area contributed by atoms with E-state index in [2.05, 4.69) is 15.5 Å². The van der Waals surface area contributed by atoms with Gasteiger partial charge in [-0.05, 0) is 57.2 Å². The summed E-state index contributed by atoms with van der Waals surface area (Å²) in [5.41, 5.74) is 0.378. The molecule has 0 saturated carbocycles. The second-order valence-corrected chi connectivity index (χ2v) is 7.62. The van der Waals surface area contributed by atoms with Crippen molar-refractivity contribution in [2.24, 2.45) is 0 Å². The van der Waals surface area contributed by atoms with Gasteiger partial charge in [-0.15, -0.1) is 10.2 Å². The molecule has 26 heavy (non-hydrogen) atoms. The average molecular weight is 374 g/mol. The molecule has 3 aromatic rings. The summed E-state index contributed by atoms with van der Waals surface area (Å²) in [5.74, 6) is 0.776. The van der Waals surface area contributed by atoms with Crippen LogP contribution in [0.4, 0.5) is 4.39 Å². The number of furan rings is 1. The summed E-state index contributed by atoms with van der Waals surface area (Å²) in [6, 6.07) is 9.51. The van der Waals surface area contributed by atoms with E-state index in [4.69, 9.17) is 4.42 Å². The van der Waals surface area contributed by atoms with E-state index in [1.165, 1.54) is 23.9 Å². The van der Waals surface area contributed by atoms with E-state index >= 15 is 0 Å². The Morgan fingerprint density at radius 2 is 1.96 bits per heavy atom. The first-order valence-electron chi connectivity index (χ1n) is 8.02. The Hall–Kier alpha value is -2.61. The first-order chi connectivity index (χ1) is 12.3. The van der Waals surface area contributed by atoms with Gasteiger partial charge in [-0.2, -0.15) is 0 Å². The van der Waals surface area contributed by atoms with Crippen LogP contribution < -0.4 is 5.32 Å². The molecule has 0 saturated heterocycles. The number of rotatable bonds is 5. The molecule has 0 aliphatic heterocycles. The van der Waals surface area contributed by atoms with Crippen LogP contribution in [0, 0.1) is 5.82 Å². The highest BCUT2D eigenvalue weighted by molar-refractivity contribution is 7.99. The van der Waals surface area contributed by atoms with Gasteiger partial charge in [0.05, 0.1) is 17.7 Å². The minimum Gasteiger partial charge on any atom is -0.461 e. The summed E-state index contributed by atoms with van der Waals surface area (Å²) in [5, 5.41) is 11.8. The van der Waals surface area contributed by atoms with Crippen LogP contribution in [0.3, 0.4) is 0 Å². The standard InChI is InChI=1S/C18H19FN4O2S/c1-18(2,3)20-15(24)11-26-17-22-21-16(14-5-4-10-25-14)23(17)13-8-6-12(19)7-9-13/h4-10H,11H2,1-3H3,(H,20,24). The van der Waals surface area contributed by atoms with Gasteiger partial charge in [0, 0.05) is 5.54 Å². The monoisotopic (exact) mass is 374 g/mol. The fraction of sp³-hybridized carbons (Fsp3) is 0.278. The van der Waals surface area contributed by atoms with Gasteiger partial charge in [0.15, 0.2) is 10.9 Å². The molecular formula is C18H19FN4O2S. The van der Waals surface area contributed by atoms with E-state index in [1.807, 2.05) is 20.8 Å². The molecular weight excluding hydrogens is 355 g/mol. The Morgan fingerprint density at radius 1 is 1.23 bits per heavy atom. The fourth-order valence-electron chi connectivity index (χ4n) is 2.34. The molecule has 0 radical (unpaired) electrons. The maximum absolute atomic E-state index is 13.3. The smallest absolute Gasteiger partial charge is 0.230 e. The normalized spacial score (nSPS) is 11.5. The van der Waals surface area contributed by atoms with Gasteiger partial charge >= 0.3 is 0 Å². The first kappa shape index (κ1) is 18.2. The number of hydrogen-bond acceptors (Lipinski definition) is 5. The van der Waals surface area contributed by atoms with Crippen LogP contribution in [0.15, 0.2) is 52.2 Å². The van der Waals surface area contributed by atoms with Crippen LogP contribution in [0.25, 0.3) is 17.3 Å². The number of aromatic nitrogens is 3. The van der Waals surface area contributed by atoms with Gasteiger partial charge in [0.25, 0.3) is 0 Å². The fourth-order valence-corrected chi connectivity index (χ4v) is 3.09. The van der Waals surface area contributed by atoms with Gasteiger partial charge in [0.1, 0.15) is 5.82 Å². The minimum atomic E-state index is -0.333. The van der Waals surface area contributed by atoms with E-state index in [9.17, 15) is 9.18 Å². The second kappa shape index (κ2) is 7.33. The highest BCUT2D eigenvalue weighted by atomic mass is 32.2. The van der Waals surface area contributed by atoms with E-state index in [-0.39, 0.29) is 23.0 Å². The zero-order chi connectivity index (χ0) is 18.7. The summed E-state index contributed by atoms with van der Waals surface area (Å²) < 4.78 is 20.5. The lowest BCUT2D eigenvalue weighted by atomic mass is 10.1. The van der Waals surface area contributed by atoms with E-state index in [0.29, 0.717) is 22.4 Å². The number of hydrogen-bond donors (Lipinski definition) is 1. The number of nitrogens with one attached hydrogen (secondary N) is 1. The summed E-state index contributed by atoms with van der Waals surface area (Å²) >= 11 is 1.25. The molecule has 0 bridgehead atoms. The molecule has 136 valence electrons. The number of amides is 1. The Labute approximate surface area is 154 Å². The second-order valence-electron chi connectivity index (χ2n) is 6.68. The molecule has 0 aliphatic rings. The van der Waals surface area contributed by atoms with Crippen LogP contribution in [-0.2, 0) is 4.79 Å². The summed E-state index contributed by atoms with van der Waals surface area (Å²) in [6.07, 6.45) is 1.54. The molecule has 0 unspecified atom stereocenters. The molecule has 0 fully saturated rings. The number of thioether (sulfide) groups is 1.